The topological polar surface area (TPSA) is 113 Å². The molecule has 0 unspecified atom stereocenters. The van der Waals surface area contributed by atoms with Crippen molar-refractivity contribution in [1.82, 2.24) is 9.55 Å². The molecule has 1 aromatic heterocycles. The van der Waals surface area contributed by atoms with Gasteiger partial charge in [0.1, 0.15) is 11.5 Å². The van der Waals surface area contributed by atoms with Gasteiger partial charge in [0.05, 0.1) is 12.1 Å². The zero-order valence-electron chi connectivity index (χ0n) is 10.3. The van der Waals surface area contributed by atoms with Crippen LogP contribution >= 0.6 is 0 Å². The predicted octanol–water partition coefficient (Wildman–Crippen LogP) is -0.534. The van der Waals surface area contributed by atoms with Gasteiger partial charge in [-0.2, -0.15) is 0 Å². The first-order valence-electron chi connectivity index (χ1n) is 6.04. The Balaban J connectivity index is 2.45. The van der Waals surface area contributed by atoms with Crippen LogP contribution in [-0.4, -0.2) is 26.8 Å². The molecular weight excluding hydrogens is 236 g/mol. The fourth-order valence-corrected chi connectivity index (χ4v) is 2.21. The quantitative estimate of drug-likeness (QED) is 0.576. The second-order valence-corrected chi connectivity index (χ2v) is 4.68. The van der Waals surface area contributed by atoms with E-state index in [0.29, 0.717) is 6.54 Å². The first-order chi connectivity index (χ1) is 8.53. The van der Waals surface area contributed by atoms with E-state index < -0.39 is 16.8 Å². The lowest BCUT2D eigenvalue weighted by molar-refractivity contribution is 0.144. The van der Waals surface area contributed by atoms with Crippen molar-refractivity contribution in [3.63, 3.8) is 0 Å². The monoisotopic (exact) mass is 254 g/mol. The van der Waals surface area contributed by atoms with Crippen molar-refractivity contribution in [1.29, 1.82) is 0 Å². The molecule has 1 aromatic rings. The standard InChI is InChI=1S/C11H18N4O3/c1-2-15-8(12)7(9(17)13-10(15)18)14-11(6-16)4-3-5-11/h14,16H,2-6,12H2,1H3,(H,13,17,18). The van der Waals surface area contributed by atoms with Crippen molar-refractivity contribution >= 4 is 11.5 Å². The minimum atomic E-state index is -0.540. The summed E-state index contributed by atoms with van der Waals surface area (Å²) < 4.78 is 1.29. The lowest BCUT2D eigenvalue weighted by Crippen LogP contribution is -2.50. The Bertz CT molecular complexity index is 551. The highest BCUT2D eigenvalue weighted by Gasteiger charge is 2.37. The van der Waals surface area contributed by atoms with E-state index in [1.807, 2.05) is 0 Å². The lowest BCUT2D eigenvalue weighted by atomic mass is 9.77. The molecule has 1 fully saturated rings. The summed E-state index contributed by atoms with van der Waals surface area (Å²) in [5.74, 6) is 0.117. The molecule has 0 saturated heterocycles. The Hall–Kier alpha value is -1.76. The van der Waals surface area contributed by atoms with Crippen molar-refractivity contribution in [2.45, 2.75) is 38.3 Å². The lowest BCUT2D eigenvalue weighted by Gasteiger charge is -2.41. The molecule has 7 nitrogen and oxygen atoms in total. The Morgan fingerprint density at radius 1 is 1.50 bits per heavy atom. The van der Waals surface area contributed by atoms with E-state index >= 15 is 0 Å². The molecular formula is C11H18N4O3. The SMILES string of the molecule is CCn1c(N)c(NC2(CO)CCC2)c(=O)[nH]c1=O. The molecule has 18 heavy (non-hydrogen) atoms. The summed E-state index contributed by atoms with van der Waals surface area (Å²) in [5.41, 5.74) is 4.48. The van der Waals surface area contributed by atoms with Gasteiger partial charge in [-0.15, -0.1) is 0 Å². The molecule has 0 aromatic carbocycles. The summed E-state index contributed by atoms with van der Waals surface area (Å²) in [7, 11) is 0. The third-order valence-electron chi connectivity index (χ3n) is 3.56. The number of aromatic amines is 1. The van der Waals surface area contributed by atoms with Gasteiger partial charge in [0, 0.05) is 6.54 Å². The molecule has 0 bridgehead atoms. The normalized spacial score (nSPS) is 17.2. The van der Waals surface area contributed by atoms with E-state index in [1.54, 1.807) is 6.92 Å². The molecule has 2 rings (SSSR count). The summed E-state index contributed by atoms with van der Waals surface area (Å²) in [5, 5.41) is 12.4. The van der Waals surface area contributed by atoms with Gasteiger partial charge in [-0.1, -0.05) is 0 Å². The number of nitrogens with one attached hydrogen (secondary N) is 2. The van der Waals surface area contributed by atoms with Crippen molar-refractivity contribution < 1.29 is 5.11 Å². The van der Waals surface area contributed by atoms with Crippen molar-refractivity contribution in [3.8, 4) is 0 Å². The Labute approximate surface area is 104 Å². The Morgan fingerprint density at radius 3 is 2.61 bits per heavy atom. The Morgan fingerprint density at radius 2 is 2.17 bits per heavy atom. The van der Waals surface area contributed by atoms with Crippen LogP contribution in [0.15, 0.2) is 9.59 Å². The maximum atomic E-state index is 11.8. The number of anilines is 2. The second kappa shape index (κ2) is 4.49. The minimum Gasteiger partial charge on any atom is -0.394 e. The number of aliphatic hydroxyl groups excluding tert-OH is 1. The van der Waals surface area contributed by atoms with Crippen molar-refractivity contribution in [3.05, 3.63) is 20.8 Å². The van der Waals surface area contributed by atoms with Gasteiger partial charge in [-0.3, -0.25) is 14.3 Å². The van der Waals surface area contributed by atoms with Gasteiger partial charge >= 0.3 is 5.69 Å². The average molecular weight is 254 g/mol. The largest absolute Gasteiger partial charge is 0.394 e. The number of aliphatic hydroxyl groups is 1. The first kappa shape index (κ1) is 12.7. The fourth-order valence-electron chi connectivity index (χ4n) is 2.21. The van der Waals surface area contributed by atoms with E-state index in [4.69, 9.17) is 5.73 Å². The number of nitrogens with zero attached hydrogens (tertiary/aromatic N) is 1. The smallest absolute Gasteiger partial charge is 0.330 e. The van der Waals surface area contributed by atoms with Gasteiger partial charge in [0.15, 0.2) is 0 Å². The summed E-state index contributed by atoms with van der Waals surface area (Å²) in [4.78, 5) is 25.5. The van der Waals surface area contributed by atoms with E-state index in [9.17, 15) is 14.7 Å². The molecule has 100 valence electrons. The van der Waals surface area contributed by atoms with Crippen LogP contribution in [0.3, 0.4) is 0 Å². The molecule has 5 N–H and O–H groups in total. The molecule has 1 heterocycles. The van der Waals surface area contributed by atoms with Crippen molar-refractivity contribution in [2.24, 2.45) is 0 Å². The van der Waals surface area contributed by atoms with Gasteiger partial charge in [0.2, 0.25) is 0 Å². The van der Waals surface area contributed by atoms with Crippen LogP contribution in [0.4, 0.5) is 11.5 Å². The number of nitrogen functional groups attached to an aromatic ring is 1. The zero-order valence-corrected chi connectivity index (χ0v) is 10.3. The molecule has 1 aliphatic rings. The average Bonchev–Trinajstić information content (AvgIpc) is 2.27. The van der Waals surface area contributed by atoms with Crippen LogP contribution in [0.1, 0.15) is 26.2 Å². The van der Waals surface area contributed by atoms with E-state index in [2.05, 4.69) is 10.3 Å². The van der Waals surface area contributed by atoms with Crippen molar-refractivity contribution in [2.75, 3.05) is 17.7 Å². The summed E-state index contributed by atoms with van der Waals surface area (Å²) >= 11 is 0. The third kappa shape index (κ3) is 1.90. The summed E-state index contributed by atoms with van der Waals surface area (Å²) in [6.45, 7) is 2.09. The van der Waals surface area contributed by atoms with E-state index in [0.717, 1.165) is 19.3 Å². The first-order valence-corrected chi connectivity index (χ1v) is 6.04. The highest BCUT2D eigenvalue weighted by molar-refractivity contribution is 5.62. The van der Waals surface area contributed by atoms with Crippen LogP contribution < -0.4 is 22.3 Å². The van der Waals surface area contributed by atoms with Gasteiger partial charge < -0.3 is 16.2 Å². The van der Waals surface area contributed by atoms with Crippen LogP contribution in [-0.2, 0) is 6.54 Å². The highest BCUT2D eigenvalue weighted by atomic mass is 16.3. The van der Waals surface area contributed by atoms with E-state index in [1.165, 1.54) is 4.57 Å². The zero-order chi connectivity index (χ0) is 13.3. The molecule has 0 atom stereocenters. The second-order valence-electron chi connectivity index (χ2n) is 4.68. The molecule has 1 saturated carbocycles. The van der Waals surface area contributed by atoms with Gasteiger partial charge in [0.25, 0.3) is 5.56 Å². The molecule has 1 aliphatic carbocycles. The van der Waals surface area contributed by atoms with Crippen LogP contribution in [0, 0.1) is 0 Å². The van der Waals surface area contributed by atoms with E-state index in [-0.39, 0.29) is 18.1 Å². The van der Waals surface area contributed by atoms with Gasteiger partial charge in [-0.25, -0.2) is 4.79 Å². The van der Waals surface area contributed by atoms with Crippen LogP contribution in [0.25, 0.3) is 0 Å². The summed E-state index contributed by atoms with van der Waals surface area (Å²) in [6.07, 6.45) is 2.57. The van der Waals surface area contributed by atoms with Crippen LogP contribution in [0.2, 0.25) is 0 Å². The predicted molar refractivity (Wildman–Crippen MR) is 68.7 cm³/mol. The molecule has 0 radical (unpaired) electrons. The highest BCUT2D eigenvalue weighted by Crippen LogP contribution is 2.34. The third-order valence-corrected chi connectivity index (χ3v) is 3.56. The maximum absolute atomic E-state index is 11.8. The number of aromatic nitrogens is 2. The molecule has 0 spiro atoms. The maximum Gasteiger partial charge on any atom is 0.330 e. The Kier molecular flexibility index (Phi) is 3.16. The van der Waals surface area contributed by atoms with Gasteiger partial charge in [-0.05, 0) is 26.2 Å². The summed E-state index contributed by atoms with van der Waals surface area (Å²) in [6, 6.07) is 0. The molecule has 0 aliphatic heterocycles. The van der Waals surface area contributed by atoms with Crippen LogP contribution in [0.5, 0.6) is 0 Å². The number of rotatable bonds is 4. The minimum absolute atomic E-state index is 0.0584. The number of hydrogen-bond acceptors (Lipinski definition) is 5. The number of nitrogens with two attached hydrogens (primary N) is 1. The molecule has 0 amide bonds. The fraction of sp³-hybridized carbons (Fsp3) is 0.636. The molecule has 7 heteroatoms. The number of H-pyrrole nitrogens is 1. The number of hydrogen-bond donors (Lipinski definition) is 4.